The standard InChI is InChI=1S/C15H13NO4S/c1-9(13-3-2-6-21-13)7-14(18)16-10-4-5-11(15(19)20)12(17)8-10/h2-8,17H,1H3,(H,16,18)(H,19,20). The monoisotopic (exact) mass is 303 g/mol. The van der Waals surface area contributed by atoms with Crippen molar-refractivity contribution in [1.82, 2.24) is 0 Å². The average Bonchev–Trinajstić information content (AvgIpc) is 2.91. The number of allylic oxidation sites excluding steroid dienone is 1. The molecule has 1 amide bonds. The van der Waals surface area contributed by atoms with E-state index in [4.69, 9.17) is 5.11 Å². The molecule has 0 saturated heterocycles. The molecule has 1 aromatic carbocycles. The number of carbonyl (C=O) groups excluding carboxylic acids is 1. The van der Waals surface area contributed by atoms with Gasteiger partial charge in [-0.25, -0.2) is 4.79 Å². The Bertz CT molecular complexity index is 704. The topological polar surface area (TPSA) is 86.6 Å². The summed E-state index contributed by atoms with van der Waals surface area (Å²) in [4.78, 5) is 23.6. The summed E-state index contributed by atoms with van der Waals surface area (Å²) in [5.74, 6) is -1.96. The highest BCUT2D eigenvalue weighted by atomic mass is 32.1. The van der Waals surface area contributed by atoms with Crippen LogP contribution >= 0.6 is 11.3 Å². The first-order valence-electron chi connectivity index (χ1n) is 6.07. The van der Waals surface area contributed by atoms with Crippen LogP contribution in [0.3, 0.4) is 0 Å². The number of aromatic carboxylic acids is 1. The predicted molar refractivity (Wildman–Crippen MR) is 81.7 cm³/mol. The lowest BCUT2D eigenvalue weighted by molar-refractivity contribution is -0.111. The van der Waals surface area contributed by atoms with Gasteiger partial charge in [-0.2, -0.15) is 0 Å². The van der Waals surface area contributed by atoms with Crippen molar-refractivity contribution < 1.29 is 19.8 Å². The van der Waals surface area contributed by atoms with Crippen molar-refractivity contribution in [2.45, 2.75) is 6.92 Å². The lowest BCUT2D eigenvalue weighted by Gasteiger charge is -2.05. The maximum atomic E-state index is 11.9. The molecule has 5 nitrogen and oxygen atoms in total. The third-order valence-electron chi connectivity index (χ3n) is 2.75. The second-order valence-corrected chi connectivity index (χ2v) is 5.28. The van der Waals surface area contributed by atoms with Gasteiger partial charge in [-0.15, -0.1) is 11.3 Å². The summed E-state index contributed by atoms with van der Waals surface area (Å²) in [6.07, 6.45) is 1.45. The van der Waals surface area contributed by atoms with E-state index in [9.17, 15) is 14.7 Å². The summed E-state index contributed by atoms with van der Waals surface area (Å²) in [7, 11) is 0. The van der Waals surface area contributed by atoms with Crippen molar-refractivity contribution in [3.8, 4) is 5.75 Å². The van der Waals surface area contributed by atoms with Crippen LogP contribution in [0.5, 0.6) is 5.75 Å². The summed E-state index contributed by atoms with van der Waals surface area (Å²) >= 11 is 1.53. The van der Waals surface area contributed by atoms with Crippen LogP contribution in [0.2, 0.25) is 0 Å². The van der Waals surface area contributed by atoms with Crippen LogP contribution in [0.25, 0.3) is 5.57 Å². The summed E-state index contributed by atoms with van der Waals surface area (Å²) in [5, 5.41) is 22.9. The molecule has 1 heterocycles. The molecule has 6 heteroatoms. The zero-order chi connectivity index (χ0) is 15.4. The summed E-state index contributed by atoms with van der Waals surface area (Å²) in [6, 6.07) is 7.68. The minimum Gasteiger partial charge on any atom is -0.507 e. The van der Waals surface area contributed by atoms with E-state index in [0.717, 1.165) is 10.5 Å². The van der Waals surface area contributed by atoms with E-state index >= 15 is 0 Å². The molecule has 0 unspecified atom stereocenters. The van der Waals surface area contributed by atoms with Crippen molar-refractivity contribution in [3.63, 3.8) is 0 Å². The number of phenols is 1. The van der Waals surface area contributed by atoms with Crippen molar-refractivity contribution in [3.05, 3.63) is 52.2 Å². The van der Waals surface area contributed by atoms with Crippen LogP contribution in [0, 0.1) is 0 Å². The number of aromatic hydroxyl groups is 1. The largest absolute Gasteiger partial charge is 0.507 e. The number of carboxylic acid groups (broad SMARTS) is 1. The Morgan fingerprint density at radius 3 is 2.62 bits per heavy atom. The molecular weight excluding hydrogens is 290 g/mol. The summed E-state index contributed by atoms with van der Waals surface area (Å²) in [5.41, 5.74) is 0.949. The fourth-order valence-corrected chi connectivity index (χ4v) is 2.45. The third-order valence-corrected chi connectivity index (χ3v) is 3.76. The molecule has 0 radical (unpaired) electrons. The molecule has 0 aliphatic heterocycles. The minimum absolute atomic E-state index is 0.210. The lowest BCUT2D eigenvalue weighted by atomic mass is 10.2. The number of amides is 1. The molecule has 0 aliphatic carbocycles. The fraction of sp³-hybridized carbons (Fsp3) is 0.0667. The fourth-order valence-electron chi connectivity index (χ4n) is 1.74. The molecule has 0 spiro atoms. The van der Waals surface area contributed by atoms with Crippen LogP contribution < -0.4 is 5.32 Å². The van der Waals surface area contributed by atoms with Crippen LogP contribution in [0.1, 0.15) is 22.2 Å². The van der Waals surface area contributed by atoms with Crippen LogP contribution in [-0.4, -0.2) is 22.1 Å². The van der Waals surface area contributed by atoms with Crippen molar-refractivity contribution in [2.24, 2.45) is 0 Å². The second-order valence-electron chi connectivity index (χ2n) is 4.33. The van der Waals surface area contributed by atoms with Crippen LogP contribution in [-0.2, 0) is 4.79 Å². The quantitative estimate of drug-likeness (QED) is 0.757. The van der Waals surface area contributed by atoms with Gasteiger partial charge in [0.25, 0.3) is 0 Å². The molecule has 0 aliphatic rings. The highest BCUT2D eigenvalue weighted by Gasteiger charge is 2.10. The van der Waals surface area contributed by atoms with Gasteiger partial charge in [0.2, 0.25) is 5.91 Å². The number of thiophene rings is 1. The number of carboxylic acids is 1. The molecule has 0 bridgehead atoms. The molecule has 2 rings (SSSR count). The van der Waals surface area contributed by atoms with Gasteiger partial charge in [-0.3, -0.25) is 4.79 Å². The van der Waals surface area contributed by atoms with E-state index in [2.05, 4.69) is 5.32 Å². The normalized spacial score (nSPS) is 11.2. The molecule has 2 aromatic rings. The molecular formula is C15H13NO4S. The Labute approximate surface area is 125 Å². The number of carbonyl (C=O) groups is 2. The first-order valence-corrected chi connectivity index (χ1v) is 6.95. The van der Waals surface area contributed by atoms with Crippen molar-refractivity contribution in [1.29, 1.82) is 0 Å². The second kappa shape index (κ2) is 6.23. The van der Waals surface area contributed by atoms with E-state index < -0.39 is 5.97 Å². The molecule has 21 heavy (non-hydrogen) atoms. The van der Waals surface area contributed by atoms with E-state index in [1.54, 1.807) is 0 Å². The van der Waals surface area contributed by atoms with E-state index in [-0.39, 0.29) is 17.2 Å². The maximum absolute atomic E-state index is 11.9. The Morgan fingerprint density at radius 2 is 2.05 bits per heavy atom. The summed E-state index contributed by atoms with van der Waals surface area (Å²) in [6.45, 7) is 1.83. The highest BCUT2D eigenvalue weighted by molar-refractivity contribution is 7.11. The lowest BCUT2D eigenvalue weighted by Crippen LogP contribution is -2.09. The Hall–Kier alpha value is -2.60. The number of hydrogen-bond donors (Lipinski definition) is 3. The molecule has 0 saturated carbocycles. The van der Waals surface area contributed by atoms with Crippen molar-refractivity contribution in [2.75, 3.05) is 5.32 Å². The van der Waals surface area contributed by atoms with Gasteiger partial charge in [-0.05, 0) is 36.1 Å². The predicted octanol–water partition coefficient (Wildman–Crippen LogP) is 3.19. The Kier molecular flexibility index (Phi) is 4.39. The minimum atomic E-state index is -1.22. The molecule has 108 valence electrons. The van der Waals surface area contributed by atoms with Gasteiger partial charge in [0, 0.05) is 22.7 Å². The molecule has 0 fully saturated rings. The van der Waals surface area contributed by atoms with Gasteiger partial charge in [0.15, 0.2) is 0 Å². The Balaban J connectivity index is 2.11. The molecule has 0 atom stereocenters. The smallest absolute Gasteiger partial charge is 0.339 e. The maximum Gasteiger partial charge on any atom is 0.339 e. The first-order chi connectivity index (χ1) is 9.97. The van der Waals surface area contributed by atoms with Gasteiger partial charge >= 0.3 is 5.97 Å². The highest BCUT2D eigenvalue weighted by Crippen LogP contribution is 2.23. The zero-order valence-corrected chi connectivity index (χ0v) is 12.0. The van der Waals surface area contributed by atoms with Crippen LogP contribution in [0.4, 0.5) is 5.69 Å². The Morgan fingerprint density at radius 1 is 1.29 bits per heavy atom. The van der Waals surface area contributed by atoms with E-state index in [1.165, 1.54) is 35.6 Å². The first kappa shape index (κ1) is 14.8. The van der Waals surface area contributed by atoms with Gasteiger partial charge < -0.3 is 15.5 Å². The van der Waals surface area contributed by atoms with Gasteiger partial charge in [0.05, 0.1) is 0 Å². The van der Waals surface area contributed by atoms with Gasteiger partial charge in [0.1, 0.15) is 11.3 Å². The number of anilines is 1. The molecule has 1 aromatic heterocycles. The van der Waals surface area contributed by atoms with Crippen molar-refractivity contribution >= 4 is 34.5 Å². The third kappa shape index (κ3) is 3.70. The number of hydrogen-bond acceptors (Lipinski definition) is 4. The van der Waals surface area contributed by atoms with E-state index in [1.807, 2.05) is 24.4 Å². The zero-order valence-electron chi connectivity index (χ0n) is 11.2. The van der Waals surface area contributed by atoms with Crippen LogP contribution in [0.15, 0.2) is 41.8 Å². The van der Waals surface area contributed by atoms with Gasteiger partial charge in [-0.1, -0.05) is 6.07 Å². The van der Waals surface area contributed by atoms with E-state index in [0.29, 0.717) is 5.69 Å². The summed E-state index contributed by atoms with van der Waals surface area (Å²) < 4.78 is 0. The number of nitrogens with one attached hydrogen (secondary N) is 1. The number of rotatable bonds is 4. The number of benzene rings is 1. The SMILES string of the molecule is CC(=CC(=O)Nc1ccc(C(=O)O)c(O)c1)c1cccs1. The molecule has 3 N–H and O–H groups in total. The average molecular weight is 303 g/mol.